The molecule has 0 atom stereocenters. The Labute approximate surface area is 127 Å². The SMILES string of the molecule is COc1ccc(F)cc1.O=[N+]([O-])c1c(O)ccc(F)c1[N+](=O)[O-]. The third-order valence-electron chi connectivity index (χ3n) is 2.50. The molecule has 122 valence electrons. The minimum Gasteiger partial charge on any atom is -0.502 e. The Morgan fingerprint density at radius 3 is 1.87 bits per heavy atom. The second kappa shape index (κ2) is 7.64. The fourth-order valence-corrected chi connectivity index (χ4v) is 1.47. The largest absolute Gasteiger partial charge is 0.502 e. The van der Waals surface area contributed by atoms with E-state index in [0.29, 0.717) is 17.9 Å². The second-order valence-electron chi connectivity index (χ2n) is 3.94. The van der Waals surface area contributed by atoms with Gasteiger partial charge in [0.1, 0.15) is 11.6 Å². The van der Waals surface area contributed by atoms with Gasteiger partial charge in [0.25, 0.3) is 0 Å². The van der Waals surface area contributed by atoms with E-state index in [1.807, 2.05) is 0 Å². The molecule has 0 unspecified atom stereocenters. The van der Waals surface area contributed by atoms with Gasteiger partial charge in [-0.05, 0) is 36.4 Å². The second-order valence-corrected chi connectivity index (χ2v) is 3.94. The van der Waals surface area contributed by atoms with Crippen molar-refractivity contribution < 1.29 is 28.5 Å². The topological polar surface area (TPSA) is 116 Å². The average molecular weight is 328 g/mol. The van der Waals surface area contributed by atoms with E-state index in [4.69, 9.17) is 9.84 Å². The van der Waals surface area contributed by atoms with Crippen LogP contribution in [0.5, 0.6) is 11.5 Å². The Morgan fingerprint density at radius 1 is 0.957 bits per heavy atom. The number of hydrogen-bond acceptors (Lipinski definition) is 6. The van der Waals surface area contributed by atoms with Gasteiger partial charge in [-0.25, -0.2) is 4.39 Å². The fraction of sp³-hybridized carbons (Fsp3) is 0.0769. The number of phenolic OH excluding ortho intramolecular Hbond substituents is 1. The number of aromatic hydroxyl groups is 1. The molecule has 0 spiro atoms. The number of benzene rings is 2. The molecule has 2 aromatic carbocycles. The molecule has 0 aliphatic heterocycles. The van der Waals surface area contributed by atoms with E-state index >= 15 is 0 Å². The highest BCUT2D eigenvalue weighted by Crippen LogP contribution is 2.37. The molecule has 0 radical (unpaired) electrons. The molecule has 10 heteroatoms. The van der Waals surface area contributed by atoms with Crippen LogP contribution >= 0.6 is 0 Å². The quantitative estimate of drug-likeness (QED) is 0.683. The summed E-state index contributed by atoms with van der Waals surface area (Å²) in [6, 6.07) is 7.14. The first-order valence-electron chi connectivity index (χ1n) is 5.87. The smallest absolute Gasteiger partial charge is 0.390 e. The Kier molecular flexibility index (Phi) is 5.89. The minimum absolute atomic E-state index is 0.240. The van der Waals surface area contributed by atoms with Crippen molar-refractivity contribution in [3.05, 3.63) is 68.3 Å². The molecule has 0 aliphatic carbocycles. The zero-order valence-electron chi connectivity index (χ0n) is 11.6. The molecular formula is C13H10F2N2O6. The number of halogens is 2. The van der Waals surface area contributed by atoms with Gasteiger partial charge in [0.05, 0.1) is 17.0 Å². The molecule has 0 fully saturated rings. The standard InChI is InChI=1S/C7H7FO.C6H3FN2O5/c1-9-7-4-2-6(8)3-5-7;7-3-1-2-4(10)6(9(13)14)5(3)8(11)12/h2-5H,1H3;1-2,10H. The molecule has 0 aromatic heterocycles. The molecule has 1 N–H and O–H groups in total. The lowest BCUT2D eigenvalue weighted by atomic mass is 10.2. The van der Waals surface area contributed by atoms with Crippen LogP contribution in [0.25, 0.3) is 0 Å². The number of rotatable bonds is 3. The maximum Gasteiger partial charge on any atom is 0.390 e. The van der Waals surface area contributed by atoms with E-state index in [1.54, 1.807) is 19.2 Å². The van der Waals surface area contributed by atoms with E-state index in [0.717, 1.165) is 0 Å². The number of methoxy groups -OCH3 is 1. The summed E-state index contributed by atoms with van der Waals surface area (Å²) in [7, 11) is 1.55. The third kappa shape index (κ3) is 4.59. The summed E-state index contributed by atoms with van der Waals surface area (Å²) in [4.78, 5) is 18.1. The van der Waals surface area contributed by atoms with Crippen molar-refractivity contribution in [3.8, 4) is 11.5 Å². The lowest BCUT2D eigenvalue weighted by Gasteiger charge is -1.97. The van der Waals surface area contributed by atoms with E-state index in [9.17, 15) is 29.0 Å². The van der Waals surface area contributed by atoms with Crippen molar-refractivity contribution in [1.82, 2.24) is 0 Å². The summed E-state index contributed by atoms with van der Waals surface area (Å²) in [6.07, 6.45) is 0. The number of hydrogen-bond donors (Lipinski definition) is 1. The maximum absolute atomic E-state index is 12.8. The molecular weight excluding hydrogens is 318 g/mol. The van der Waals surface area contributed by atoms with E-state index in [-0.39, 0.29) is 5.82 Å². The van der Waals surface area contributed by atoms with Crippen molar-refractivity contribution >= 4 is 11.4 Å². The van der Waals surface area contributed by atoms with Crippen molar-refractivity contribution in [2.45, 2.75) is 0 Å². The maximum atomic E-state index is 12.8. The van der Waals surface area contributed by atoms with Gasteiger partial charge in [0.15, 0.2) is 0 Å². The molecule has 0 aliphatic rings. The van der Waals surface area contributed by atoms with Crippen molar-refractivity contribution in [3.63, 3.8) is 0 Å². The van der Waals surface area contributed by atoms with Crippen LogP contribution in [0.3, 0.4) is 0 Å². The van der Waals surface area contributed by atoms with Crippen LogP contribution in [0.4, 0.5) is 20.2 Å². The summed E-state index contributed by atoms with van der Waals surface area (Å²) in [5.74, 6) is -1.87. The van der Waals surface area contributed by atoms with Gasteiger partial charge in [-0.15, -0.1) is 0 Å². The highest BCUT2D eigenvalue weighted by molar-refractivity contribution is 5.61. The highest BCUT2D eigenvalue weighted by Gasteiger charge is 2.33. The predicted octanol–water partition coefficient (Wildman–Crippen LogP) is 3.18. The van der Waals surface area contributed by atoms with E-state index < -0.39 is 32.8 Å². The van der Waals surface area contributed by atoms with Crippen LogP contribution in [0.1, 0.15) is 0 Å². The molecule has 0 bridgehead atoms. The lowest BCUT2D eigenvalue weighted by Crippen LogP contribution is -1.99. The Balaban J connectivity index is 0.000000253. The Bertz CT molecular complexity index is 682. The minimum atomic E-state index is -1.36. The molecule has 0 heterocycles. The third-order valence-corrected chi connectivity index (χ3v) is 2.50. The molecule has 0 amide bonds. The lowest BCUT2D eigenvalue weighted by molar-refractivity contribution is -0.424. The number of nitro groups is 2. The van der Waals surface area contributed by atoms with Crippen LogP contribution < -0.4 is 4.74 Å². The zero-order valence-corrected chi connectivity index (χ0v) is 11.6. The Hall–Kier alpha value is -3.30. The number of ether oxygens (including phenoxy) is 1. The average Bonchev–Trinajstić information content (AvgIpc) is 2.50. The number of nitrogens with zero attached hydrogens (tertiary/aromatic N) is 2. The van der Waals surface area contributed by atoms with E-state index in [2.05, 4.69) is 0 Å². The van der Waals surface area contributed by atoms with Crippen molar-refractivity contribution in [1.29, 1.82) is 0 Å². The van der Waals surface area contributed by atoms with E-state index in [1.165, 1.54) is 12.1 Å². The molecule has 0 saturated carbocycles. The first-order valence-corrected chi connectivity index (χ1v) is 5.87. The molecule has 8 nitrogen and oxygen atoms in total. The zero-order chi connectivity index (χ0) is 17.6. The Morgan fingerprint density at radius 2 is 1.48 bits per heavy atom. The molecule has 0 saturated heterocycles. The van der Waals surface area contributed by atoms with Gasteiger partial charge >= 0.3 is 11.4 Å². The van der Waals surface area contributed by atoms with Crippen molar-refractivity contribution in [2.75, 3.05) is 7.11 Å². The molecule has 2 rings (SSSR count). The summed E-state index contributed by atoms with van der Waals surface area (Å²) in [5, 5.41) is 29.4. The van der Waals surface area contributed by atoms with Gasteiger partial charge in [-0.3, -0.25) is 20.2 Å². The van der Waals surface area contributed by atoms with Crippen LogP contribution in [-0.4, -0.2) is 22.1 Å². The number of phenols is 1. The van der Waals surface area contributed by atoms with Crippen molar-refractivity contribution in [2.24, 2.45) is 0 Å². The number of nitro benzene ring substituents is 2. The van der Waals surface area contributed by atoms with Gasteiger partial charge in [0.2, 0.25) is 11.6 Å². The van der Waals surface area contributed by atoms with Crippen LogP contribution in [0.15, 0.2) is 36.4 Å². The first kappa shape index (κ1) is 17.8. The monoisotopic (exact) mass is 328 g/mol. The first-order chi connectivity index (χ1) is 10.8. The van der Waals surface area contributed by atoms with Crippen LogP contribution in [-0.2, 0) is 0 Å². The normalized spacial score (nSPS) is 9.52. The van der Waals surface area contributed by atoms with Crippen LogP contribution in [0.2, 0.25) is 0 Å². The molecule has 2 aromatic rings. The predicted molar refractivity (Wildman–Crippen MR) is 74.3 cm³/mol. The highest BCUT2D eigenvalue weighted by atomic mass is 19.1. The summed E-state index contributed by atoms with van der Waals surface area (Å²) < 4.78 is 29.8. The van der Waals surface area contributed by atoms with Gasteiger partial charge in [-0.1, -0.05) is 0 Å². The van der Waals surface area contributed by atoms with Crippen LogP contribution in [0, 0.1) is 31.9 Å². The fourth-order valence-electron chi connectivity index (χ4n) is 1.47. The summed E-state index contributed by atoms with van der Waals surface area (Å²) in [5.41, 5.74) is -2.58. The van der Waals surface area contributed by atoms with Gasteiger partial charge in [0, 0.05) is 0 Å². The summed E-state index contributed by atoms with van der Waals surface area (Å²) >= 11 is 0. The summed E-state index contributed by atoms with van der Waals surface area (Å²) in [6.45, 7) is 0. The van der Waals surface area contributed by atoms with Gasteiger partial charge in [-0.2, -0.15) is 4.39 Å². The molecule has 23 heavy (non-hydrogen) atoms. The van der Waals surface area contributed by atoms with Gasteiger partial charge < -0.3 is 9.84 Å².